The van der Waals surface area contributed by atoms with E-state index in [-0.39, 0.29) is 6.04 Å². The van der Waals surface area contributed by atoms with Gasteiger partial charge in [-0.1, -0.05) is 0 Å². The van der Waals surface area contributed by atoms with Crippen molar-refractivity contribution in [3.63, 3.8) is 0 Å². The van der Waals surface area contributed by atoms with E-state index in [2.05, 4.69) is 9.97 Å². The summed E-state index contributed by atoms with van der Waals surface area (Å²) in [6, 6.07) is 0.272. The van der Waals surface area contributed by atoms with Crippen molar-refractivity contribution in [2.24, 2.45) is 5.73 Å². The third-order valence-electron chi connectivity index (χ3n) is 1.86. The molecule has 1 atom stereocenters. The van der Waals surface area contributed by atoms with E-state index in [4.69, 9.17) is 5.73 Å². The molecule has 0 radical (unpaired) electrons. The number of nitrogens with two attached hydrogens (primary N) is 1. The minimum Gasteiger partial charge on any atom is -0.327 e. The zero-order valence-electron chi connectivity index (χ0n) is 6.95. The van der Waals surface area contributed by atoms with Crippen LogP contribution in [0.3, 0.4) is 0 Å². The Bertz CT molecular complexity index is 300. The summed E-state index contributed by atoms with van der Waals surface area (Å²) in [4.78, 5) is 8.49. The zero-order valence-corrected chi connectivity index (χ0v) is 7.77. The molecule has 1 aromatic heterocycles. The molecule has 0 spiro atoms. The molecule has 64 valence electrons. The van der Waals surface area contributed by atoms with Crippen molar-refractivity contribution < 1.29 is 0 Å². The molecule has 2 N–H and O–H groups in total. The summed E-state index contributed by atoms with van der Waals surface area (Å²) in [7, 11) is 0. The van der Waals surface area contributed by atoms with E-state index in [1.54, 1.807) is 11.8 Å². The lowest BCUT2D eigenvalue weighted by molar-refractivity contribution is 0.705. The number of rotatable bonds is 0. The average Bonchev–Trinajstić information content (AvgIpc) is 2.05. The van der Waals surface area contributed by atoms with E-state index in [0.717, 1.165) is 23.0 Å². The first-order valence-electron chi connectivity index (χ1n) is 3.96. The molecule has 1 aliphatic rings. The monoisotopic (exact) mass is 181 g/mol. The predicted molar refractivity (Wildman–Crippen MR) is 49.2 cm³/mol. The van der Waals surface area contributed by atoms with E-state index in [1.165, 1.54) is 5.56 Å². The topological polar surface area (TPSA) is 51.8 Å². The lowest BCUT2D eigenvalue weighted by Crippen LogP contribution is -2.29. The summed E-state index contributed by atoms with van der Waals surface area (Å²) in [6.07, 6.45) is 2.81. The van der Waals surface area contributed by atoms with Crippen molar-refractivity contribution >= 4 is 11.8 Å². The Morgan fingerprint density at radius 3 is 3.33 bits per heavy atom. The highest BCUT2D eigenvalue weighted by Crippen LogP contribution is 2.26. The van der Waals surface area contributed by atoms with Gasteiger partial charge >= 0.3 is 0 Å². The van der Waals surface area contributed by atoms with Gasteiger partial charge in [0.1, 0.15) is 10.9 Å². The smallest absolute Gasteiger partial charge is 0.126 e. The van der Waals surface area contributed by atoms with Gasteiger partial charge in [-0.25, -0.2) is 9.97 Å². The van der Waals surface area contributed by atoms with Gasteiger partial charge in [-0.2, -0.15) is 0 Å². The molecule has 1 unspecified atom stereocenters. The number of fused-ring (bicyclic) bond motifs is 1. The second kappa shape index (κ2) is 3.03. The van der Waals surface area contributed by atoms with E-state index in [9.17, 15) is 0 Å². The second-order valence-electron chi connectivity index (χ2n) is 3.02. The first kappa shape index (κ1) is 8.01. The minimum absolute atomic E-state index is 0.272. The maximum Gasteiger partial charge on any atom is 0.126 e. The number of thioether (sulfide) groups is 1. The third-order valence-corrected chi connectivity index (χ3v) is 3.08. The van der Waals surface area contributed by atoms with Gasteiger partial charge in [0, 0.05) is 23.6 Å². The molecule has 2 heterocycles. The highest BCUT2D eigenvalue weighted by molar-refractivity contribution is 7.99. The van der Waals surface area contributed by atoms with Crippen LogP contribution in [0.15, 0.2) is 11.2 Å². The molecular formula is C8H11N3S. The Morgan fingerprint density at radius 1 is 1.67 bits per heavy atom. The summed E-state index contributed by atoms with van der Waals surface area (Å²) in [6.45, 7) is 1.91. The molecule has 3 nitrogen and oxygen atoms in total. The summed E-state index contributed by atoms with van der Waals surface area (Å²) >= 11 is 1.73. The molecule has 0 amide bonds. The largest absolute Gasteiger partial charge is 0.327 e. The van der Waals surface area contributed by atoms with Crippen LogP contribution < -0.4 is 5.73 Å². The van der Waals surface area contributed by atoms with E-state index < -0.39 is 0 Å². The van der Waals surface area contributed by atoms with Gasteiger partial charge in [-0.3, -0.25) is 0 Å². The second-order valence-corrected chi connectivity index (χ2v) is 4.03. The molecule has 0 bridgehead atoms. The first-order chi connectivity index (χ1) is 5.75. The quantitative estimate of drug-likeness (QED) is 0.600. The van der Waals surface area contributed by atoms with Crippen LogP contribution in [0.4, 0.5) is 0 Å². The van der Waals surface area contributed by atoms with Gasteiger partial charge < -0.3 is 5.73 Å². The lowest BCUT2D eigenvalue weighted by atomic mass is 10.1. The van der Waals surface area contributed by atoms with Gasteiger partial charge in [0.05, 0.1) is 0 Å². The molecule has 0 saturated heterocycles. The fourth-order valence-corrected chi connectivity index (χ4v) is 2.27. The van der Waals surface area contributed by atoms with Gasteiger partial charge in [0.25, 0.3) is 0 Å². The standard InChI is InChI=1S/C8H11N3S/c1-5-10-3-6-2-7(9)4-12-8(6)11-5/h3,7H,2,4,9H2,1H3. The zero-order chi connectivity index (χ0) is 8.55. The number of hydrogen-bond acceptors (Lipinski definition) is 4. The normalized spacial score (nSPS) is 22.0. The fourth-order valence-electron chi connectivity index (χ4n) is 1.27. The van der Waals surface area contributed by atoms with Crippen molar-refractivity contribution in [2.75, 3.05) is 5.75 Å². The van der Waals surface area contributed by atoms with Crippen LogP contribution in [0.25, 0.3) is 0 Å². The number of aryl methyl sites for hydroxylation is 1. The summed E-state index contributed by atoms with van der Waals surface area (Å²) in [5.41, 5.74) is 7.01. The number of aromatic nitrogens is 2. The molecule has 1 aliphatic heterocycles. The van der Waals surface area contributed by atoms with Crippen LogP contribution >= 0.6 is 11.8 Å². The van der Waals surface area contributed by atoms with Crippen LogP contribution in [0.5, 0.6) is 0 Å². The molecule has 12 heavy (non-hydrogen) atoms. The molecule has 4 heteroatoms. The fraction of sp³-hybridized carbons (Fsp3) is 0.500. The van der Waals surface area contributed by atoms with Crippen molar-refractivity contribution in [1.29, 1.82) is 0 Å². The molecule has 0 aromatic carbocycles. The van der Waals surface area contributed by atoms with Crippen LogP contribution in [-0.2, 0) is 6.42 Å². The Labute approximate surface area is 75.8 Å². The highest BCUT2D eigenvalue weighted by atomic mass is 32.2. The van der Waals surface area contributed by atoms with Crippen LogP contribution in [0, 0.1) is 6.92 Å². The SMILES string of the molecule is Cc1ncc2c(n1)SCC(N)C2. The number of nitrogens with zero attached hydrogens (tertiary/aromatic N) is 2. The van der Waals surface area contributed by atoms with Gasteiger partial charge in [0.2, 0.25) is 0 Å². The number of hydrogen-bond donors (Lipinski definition) is 1. The van der Waals surface area contributed by atoms with Crippen molar-refractivity contribution in [2.45, 2.75) is 24.4 Å². The lowest BCUT2D eigenvalue weighted by Gasteiger charge is -2.19. The van der Waals surface area contributed by atoms with E-state index >= 15 is 0 Å². The Balaban J connectivity index is 2.37. The summed E-state index contributed by atoms with van der Waals surface area (Å²) < 4.78 is 0. The summed E-state index contributed by atoms with van der Waals surface area (Å²) in [5, 5.41) is 1.12. The minimum atomic E-state index is 0.272. The molecule has 2 rings (SSSR count). The van der Waals surface area contributed by atoms with Gasteiger partial charge in [-0.05, 0) is 13.3 Å². The maximum absolute atomic E-state index is 5.81. The van der Waals surface area contributed by atoms with Crippen molar-refractivity contribution in [3.05, 3.63) is 17.6 Å². The molecule has 0 saturated carbocycles. The predicted octanol–water partition coefficient (Wildman–Crippen LogP) is 0.761. The van der Waals surface area contributed by atoms with Crippen LogP contribution in [0.1, 0.15) is 11.4 Å². The van der Waals surface area contributed by atoms with Crippen LogP contribution in [0.2, 0.25) is 0 Å². The first-order valence-corrected chi connectivity index (χ1v) is 4.95. The molecular weight excluding hydrogens is 170 g/mol. The van der Waals surface area contributed by atoms with Crippen molar-refractivity contribution in [3.8, 4) is 0 Å². The van der Waals surface area contributed by atoms with E-state index in [1.807, 2.05) is 13.1 Å². The van der Waals surface area contributed by atoms with Gasteiger partial charge in [0.15, 0.2) is 0 Å². The van der Waals surface area contributed by atoms with Crippen molar-refractivity contribution in [1.82, 2.24) is 9.97 Å². The van der Waals surface area contributed by atoms with Gasteiger partial charge in [-0.15, -0.1) is 11.8 Å². The molecule has 0 fully saturated rings. The highest BCUT2D eigenvalue weighted by Gasteiger charge is 2.17. The maximum atomic E-state index is 5.81. The molecule has 1 aromatic rings. The Kier molecular flexibility index (Phi) is 2.02. The Hall–Kier alpha value is -0.610. The average molecular weight is 181 g/mol. The third kappa shape index (κ3) is 1.44. The summed E-state index contributed by atoms with van der Waals surface area (Å²) in [5.74, 6) is 1.82. The van der Waals surface area contributed by atoms with Crippen LogP contribution in [-0.4, -0.2) is 21.8 Å². The van der Waals surface area contributed by atoms with E-state index in [0.29, 0.717) is 0 Å². The molecule has 0 aliphatic carbocycles. The Morgan fingerprint density at radius 2 is 2.50 bits per heavy atom.